The number of nitrogens with zero attached hydrogens (tertiary/aromatic N) is 1. The van der Waals surface area contributed by atoms with Gasteiger partial charge in [-0.1, -0.05) is 66.4 Å². The van der Waals surface area contributed by atoms with E-state index in [4.69, 9.17) is 0 Å². The third-order valence-electron chi connectivity index (χ3n) is 4.91. The van der Waals surface area contributed by atoms with Crippen molar-refractivity contribution in [1.82, 2.24) is 4.90 Å². The van der Waals surface area contributed by atoms with Gasteiger partial charge in [0.15, 0.2) is 5.78 Å². The summed E-state index contributed by atoms with van der Waals surface area (Å²) in [7, 11) is 0. The molecule has 1 N–H and O–H groups in total. The molecule has 4 rings (SSSR count). The van der Waals surface area contributed by atoms with Crippen molar-refractivity contribution in [3.05, 3.63) is 89.0 Å². The maximum Gasteiger partial charge on any atom is 0.244 e. The fourth-order valence-electron chi connectivity index (χ4n) is 3.35. The van der Waals surface area contributed by atoms with Crippen molar-refractivity contribution in [1.29, 1.82) is 0 Å². The van der Waals surface area contributed by atoms with E-state index in [9.17, 15) is 14.4 Å². The van der Waals surface area contributed by atoms with Crippen LogP contribution in [0, 0.1) is 6.92 Å². The second-order valence-electron chi connectivity index (χ2n) is 7.04. The van der Waals surface area contributed by atoms with Crippen LogP contribution >= 0.6 is 11.8 Å². The van der Waals surface area contributed by atoms with Gasteiger partial charge >= 0.3 is 0 Å². The normalized spacial score (nSPS) is 15.0. The molecule has 2 amide bonds. The van der Waals surface area contributed by atoms with Crippen LogP contribution in [-0.4, -0.2) is 34.8 Å². The first-order chi connectivity index (χ1) is 14.5. The molecule has 3 aromatic carbocycles. The molecule has 0 aliphatic carbocycles. The average Bonchev–Trinajstić information content (AvgIpc) is 3.07. The van der Waals surface area contributed by atoms with E-state index in [1.54, 1.807) is 12.1 Å². The van der Waals surface area contributed by atoms with E-state index in [1.165, 1.54) is 22.7 Å². The molecule has 30 heavy (non-hydrogen) atoms. The lowest BCUT2D eigenvalue weighted by molar-refractivity contribution is -0.129. The van der Waals surface area contributed by atoms with E-state index in [0.29, 0.717) is 16.3 Å². The summed E-state index contributed by atoms with van der Waals surface area (Å²) in [6, 6.07) is 20.9. The highest BCUT2D eigenvalue weighted by atomic mass is 32.2. The van der Waals surface area contributed by atoms with Crippen molar-refractivity contribution < 1.29 is 14.4 Å². The second-order valence-corrected chi connectivity index (χ2v) is 8.04. The Kier molecular flexibility index (Phi) is 5.68. The standard InChI is InChI=1S/C24H20N2O3S/c1-16-6-2-5-9-20(16)21(27)13-24-26(23(29)15-30-24)14-22(28)25-19-11-10-17-7-3-4-8-18(17)12-19/h2-13H,14-15H2,1H3,(H,25,28)/b24-13-. The summed E-state index contributed by atoms with van der Waals surface area (Å²) in [5.41, 5.74) is 2.12. The summed E-state index contributed by atoms with van der Waals surface area (Å²) in [4.78, 5) is 38.9. The van der Waals surface area contributed by atoms with Crippen LogP contribution in [0.5, 0.6) is 0 Å². The second kappa shape index (κ2) is 8.55. The fraction of sp³-hybridized carbons (Fsp3) is 0.125. The van der Waals surface area contributed by atoms with Crippen LogP contribution < -0.4 is 5.32 Å². The number of anilines is 1. The number of rotatable bonds is 5. The van der Waals surface area contributed by atoms with Gasteiger partial charge < -0.3 is 5.32 Å². The number of carbonyl (C=O) groups is 3. The Morgan fingerprint density at radius 2 is 1.77 bits per heavy atom. The third kappa shape index (κ3) is 4.28. The van der Waals surface area contributed by atoms with Gasteiger partial charge in [0.2, 0.25) is 11.8 Å². The zero-order valence-electron chi connectivity index (χ0n) is 16.4. The first kappa shape index (κ1) is 19.9. The summed E-state index contributed by atoms with van der Waals surface area (Å²) in [6.07, 6.45) is 1.45. The van der Waals surface area contributed by atoms with Gasteiger partial charge in [-0.25, -0.2) is 0 Å². The zero-order valence-corrected chi connectivity index (χ0v) is 17.2. The molecule has 1 heterocycles. The zero-order chi connectivity index (χ0) is 21.1. The predicted molar refractivity (Wildman–Crippen MR) is 120 cm³/mol. The van der Waals surface area contributed by atoms with Gasteiger partial charge in [0.25, 0.3) is 0 Å². The molecule has 0 radical (unpaired) electrons. The van der Waals surface area contributed by atoms with Gasteiger partial charge in [0.1, 0.15) is 6.54 Å². The molecule has 0 bridgehead atoms. The highest BCUT2D eigenvalue weighted by Crippen LogP contribution is 2.29. The Morgan fingerprint density at radius 1 is 1.03 bits per heavy atom. The van der Waals surface area contributed by atoms with E-state index < -0.39 is 0 Å². The van der Waals surface area contributed by atoms with Crippen molar-refractivity contribution in [2.45, 2.75) is 6.92 Å². The molecule has 1 aliphatic rings. The number of carbonyl (C=O) groups excluding carboxylic acids is 3. The number of allylic oxidation sites excluding steroid dienone is 1. The SMILES string of the molecule is Cc1ccccc1C(=O)/C=C1\SCC(=O)N1CC(=O)Nc1ccc2ccccc2c1. The van der Waals surface area contributed by atoms with E-state index in [0.717, 1.165) is 16.3 Å². The summed E-state index contributed by atoms with van der Waals surface area (Å²) in [6.45, 7) is 1.74. The maximum absolute atomic E-state index is 12.6. The van der Waals surface area contributed by atoms with Crippen molar-refractivity contribution in [3.63, 3.8) is 0 Å². The number of hydrogen-bond acceptors (Lipinski definition) is 4. The summed E-state index contributed by atoms with van der Waals surface area (Å²) in [5.74, 6) is -0.450. The molecule has 0 saturated carbocycles. The minimum absolute atomic E-state index is 0.133. The van der Waals surface area contributed by atoms with Gasteiger partial charge in [-0.2, -0.15) is 0 Å². The van der Waals surface area contributed by atoms with Crippen LogP contribution in [0.4, 0.5) is 5.69 Å². The molecule has 0 spiro atoms. The van der Waals surface area contributed by atoms with E-state index in [-0.39, 0.29) is 29.9 Å². The Hall–Kier alpha value is -3.38. The number of thioether (sulfide) groups is 1. The molecule has 5 nitrogen and oxygen atoms in total. The fourth-order valence-corrected chi connectivity index (χ4v) is 4.29. The van der Waals surface area contributed by atoms with Crippen molar-refractivity contribution in [2.24, 2.45) is 0 Å². The summed E-state index contributed by atoms with van der Waals surface area (Å²) in [5, 5.41) is 5.45. The van der Waals surface area contributed by atoms with Crippen molar-refractivity contribution in [2.75, 3.05) is 17.6 Å². The van der Waals surface area contributed by atoms with E-state index in [2.05, 4.69) is 5.32 Å². The Balaban J connectivity index is 1.48. The van der Waals surface area contributed by atoms with Crippen LogP contribution in [0.2, 0.25) is 0 Å². The lowest BCUT2D eigenvalue weighted by atomic mass is 10.1. The van der Waals surface area contributed by atoms with Crippen LogP contribution in [0.3, 0.4) is 0 Å². The first-order valence-corrected chi connectivity index (χ1v) is 10.5. The number of fused-ring (bicyclic) bond motifs is 1. The number of aryl methyl sites for hydroxylation is 1. The molecular weight excluding hydrogens is 396 g/mol. The van der Waals surface area contributed by atoms with Gasteiger partial charge in [-0.15, -0.1) is 0 Å². The number of hydrogen-bond donors (Lipinski definition) is 1. The number of amides is 2. The van der Waals surface area contributed by atoms with Crippen LogP contribution in [0.25, 0.3) is 10.8 Å². The maximum atomic E-state index is 12.6. The number of benzene rings is 3. The molecule has 1 fully saturated rings. The molecule has 6 heteroatoms. The third-order valence-corrected chi connectivity index (χ3v) is 5.94. The largest absolute Gasteiger partial charge is 0.325 e. The lowest BCUT2D eigenvalue weighted by Crippen LogP contribution is -2.34. The van der Waals surface area contributed by atoms with Crippen LogP contribution in [-0.2, 0) is 9.59 Å². The molecule has 0 aromatic heterocycles. The predicted octanol–water partition coefficient (Wildman–Crippen LogP) is 4.39. The molecule has 0 unspecified atom stereocenters. The molecule has 1 aliphatic heterocycles. The van der Waals surface area contributed by atoms with Crippen molar-refractivity contribution >= 4 is 45.8 Å². The molecule has 3 aromatic rings. The van der Waals surface area contributed by atoms with Crippen LogP contribution in [0.15, 0.2) is 77.8 Å². The minimum atomic E-state index is -0.310. The van der Waals surface area contributed by atoms with Gasteiger partial charge in [-0.3, -0.25) is 19.3 Å². The summed E-state index contributed by atoms with van der Waals surface area (Å²) < 4.78 is 0. The lowest BCUT2D eigenvalue weighted by Gasteiger charge is -2.17. The summed E-state index contributed by atoms with van der Waals surface area (Å²) >= 11 is 1.27. The van der Waals surface area contributed by atoms with Gasteiger partial charge in [-0.05, 0) is 35.4 Å². The highest BCUT2D eigenvalue weighted by Gasteiger charge is 2.29. The smallest absolute Gasteiger partial charge is 0.244 e. The number of nitrogens with one attached hydrogen (secondary N) is 1. The monoisotopic (exact) mass is 416 g/mol. The molecule has 0 atom stereocenters. The molecule has 150 valence electrons. The van der Waals surface area contributed by atoms with E-state index >= 15 is 0 Å². The Bertz CT molecular complexity index is 1190. The minimum Gasteiger partial charge on any atom is -0.325 e. The van der Waals surface area contributed by atoms with E-state index in [1.807, 2.05) is 61.5 Å². The van der Waals surface area contributed by atoms with Crippen LogP contribution in [0.1, 0.15) is 15.9 Å². The van der Waals surface area contributed by atoms with Gasteiger partial charge in [0.05, 0.1) is 10.8 Å². The Morgan fingerprint density at radius 3 is 2.57 bits per heavy atom. The van der Waals surface area contributed by atoms with Crippen molar-refractivity contribution in [3.8, 4) is 0 Å². The molecule has 1 saturated heterocycles. The quantitative estimate of drug-likeness (QED) is 0.495. The Labute approximate surface area is 178 Å². The van der Waals surface area contributed by atoms with Gasteiger partial charge in [0, 0.05) is 17.3 Å². The molecular formula is C24H20N2O3S. The average molecular weight is 417 g/mol. The first-order valence-electron chi connectivity index (χ1n) is 9.55. The topological polar surface area (TPSA) is 66.5 Å². The number of ketones is 1. The highest BCUT2D eigenvalue weighted by molar-refractivity contribution is 8.04.